The molecule has 1 aromatic carbocycles. The predicted molar refractivity (Wildman–Crippen MR) is 77.6 cm³/mol. The number of rotatable bonds is 5. The average Bonchev–Trinajstić information content (AvgIpc) is 2.44. The van der Waals surface area contributed by atoms with E-state index in [9.17, 15) is 8.78 Å². The van der Waals surface area contributed by atoms with Crippen molar-refractivity contribution in [1.82, 2.24) is 10.2 Å². The van der Waals surface area contributed by atoms with Gasteiger partial charge in [0, 0.05) is 37.8 Å². The van der Waals surface area contributed by atoms with Crippen molar-refractivity contribution >= 4 is 0 Å². The molecule has 0 aliphatic carbocycles. The first-order chi connectivity index (χ1) is 9.65. The van der Waals surface area contributed by atoms with E-state index < -0.39 is 11.6 Å². The van der Waals surface area contributed by atoms with Crippen molar-refractivity contribution in [3.05, 3.63) is 35.4 Å². The van der Waals surface area contributed by atoms with E-state index in [2.05, 4.69) is 24.1 Å². The third-order valence-corrected chi connectivity index (χ3v) is 4.12. The van der Waals surface area contributed by atoms with E-state index in [1.165, 1.54) is 18.2 Å². The third kappa shape index (κ3) is 3.36. The highest BCUT2D eigenvalue weighted by Crippen LogP contribution is 2.34. The molecule has 1 unspecified atom stereocenters. The summed E-state index contributed by atoms with van der Waals surface area (Å²) >= 11 is 0. The molecule has 1 fully saturated rings. The summed E-state index contributed by atoms with van der Waals surface area (Å²) in [5, 5.41) is 3.29. The van der Waals surface area contributed by atoms with Gasteiger partial charge in [-0.3, -0.25) is 4.90 Å². The molecule has 1 N–H and O–H groups in total. The van der Waals surface area contributed by atoms with Gasteiger partial charge in [-0.05, 0) is 24.5 Å². The molecule has 1 saturated heterocycles. The topological polar surface area (TPSA) is 15.3 Å². The van der Waals surface area contributed by atoms with Crippen LogP contribution in [0.5, 0.6) is 0 Å². The highest BCUT2D eigenvalue weighted by molar-refractivity contribution is 5.24. The highest BCUT2D eigenvalue weighted by Gasteiger charge is 2.31. The summed E-state index contributed by atoms with van der Waals surface area (Å²) in [6.07, 6.45) is 2.00. The molecule has 4 heteroatoms. The van der Waals surface area contributed by atoms with Gasteiger partial charge in [0.25, 0.3) is 0 Å². The van der Waals surface area contributed by atoms with Gasteiger partial charge in [-0.25, -0.2) is 8.78 Å². The molecule has 1 aromatic rings. The predicted octanol–water partition coefficient (Wildman–Crippen LogP) is 3.35. The van der Waals surface area contributed by atoms with Crippen molar-refractivity contribution in [3.63, 3.8) is 0 Å². The van der Waals surface area contributed by atoms with Gasteiger partial charge in [-0.1, -0.05) is 26.3 Å². The lowest BCUT2D eigenvalue weighted by molar-refractivity contribution is 0.120. The molecule has 112 valence electrons. The van der Waals surface area contributed by atoms with Crippen LogP contribution in [0.4, 0.5) is 8.78 Å². The van der Waals surface area contributed by atoms with Crippen LogP contribution in [0.3, 0.4) is 0 Å². The van der Waals surface area contributed by atoms with Crippen molar-refractivity contribution in [1.29, 1.82) is 0 Å². The molecule has 0 radical (unpaired) electrons. The molecular formula is C16H24F2N2. The molecule has 0 amide bonds. The lowest BCUT2D eigenvalue weighted by Gasteiger charge is -2.38. The van der Waals surface area contributed by atoms with Crippen molar-refractivity contribution in [2.75, 3.05) is 26.2 Å². The molecule has 20 heavy (non-hydrogen) atoms. The maximum Gasteiger partial charge on any atom is 0.130 e. The Kier molecular flexibility index (Phi) is 5.49. The second-order valence-electron chi connectivity index (χ2n) is 5.63. The Bertz CT molecular complexity index is 410. The lowest BCUT2D eigenvalue weighted by atomic mass is 9.88. The normalized spacial score (nSPS) is 19.8. The maximum atomic E-state index is 14.2. The number of nitrogens with zero attached hydrogens (tertiary/aromatic N) is 1. The minimum Gasteiger partial charge on any atom is -0.314 e. The molecule has 0 saturated carbocycles. The lowest BCUT2D eigenvalue weighted by Crippen LogP contribution is -2.47. The number of hydrogen-bond donors (Lipinski definition) is 1. The van der Waals surface area contributed by atoms with Gasteiger partial charge < -0.3 is 5.32 Å². The average molecular weight is 282 g/mol. The van der Waals surface area contributed by atoms with Crippen LogP contribution in [0.1, 0.15) is 38.3 Å². The van der Waals surface area contributed by atoms with E-state index in [0.717, 1.165) is 39.0 Å². The maximum absolute atomic E-state index is 14.2. The molecule has 2 nitrogen and oxygen atoms in total. The highest BCUT2D eigenvalue weighted by atomic mass is 19.1. The Morgan fingerprint density at radius 3 is 2.35 bits per heavy atom. The third-order valence-electron chi connectivity index (χ3n) is 4.12. The van der Waals surface area contributed by atoms with E-state index in [1.54, 1.807) is 0 Å². The summed E-state index contributed by atoms with van der Waals surface area (Å²) in [6.45, 7) is 7.65. The Morgan fingerprint density at radius 1 is 1.20 bits per heavy atom. The first kappa shape index (κ1) is 15.4. The zero-order valence-electron chi connectivity index (χ0n) is 12.3. The van der Waals surface area contributed by atoms with E-state index in [0.29, 0.717) is 0 Å². The van der Waals surface area contributed by atoms with Crippen molar-refractivity contribution in [3.8, 4) is 0 Å². The van der Waals surface area contributed by atoms with Gasteiger partial charge in [-0.15, -0.1) is 0 Å². The minimum absolute atomic E-state index is 0.168. The van der Waals surface area contributed by atoms with Gasteiger partial charge in [0.05, 0.1) is 0 Å². The van der Waals surface area contributed by atoms with Crippen LogP contribution in [0.2, 0.25) is 0 Å². The van der Waals surface area contributed by atoms with Gasteiger partial charge >= 0.3 is 0 Å². The van der Waals surface area contributed by atoms with Crippen LogP contribution in [-0.2, 0) is 0 Å². The van der Waals surface area contributed by atoms with Crippen LogP contribution >= 0.6 is 0 Å². The summed E-state index contributed by atoms with van der Waals surface area (Å²) < 4.78 is 28.3. The van der Waals surface area contributed by atoms with E-state index >= 15 is 0 Å². The first-order valence-corrected chi connectivity index (χ1v) is 7.53. The van der Waals surface area contributed by atoms with Gasteiger partial charge in [0.2, 0.25) is 0 Å². The fourth-order valence-electron chi connectivity index (χ4n) is 3.19. The summed E-state index contributed by atoms with van der Waals surface area (Å²) in [5.41, 5.74) is 0.246. The standard InChI is InChI=1S/C16H24F2N2/c1-3-5-12(2)16(20-10-8-19-9-11-20)15-13(17)6-4-7-14(15)18/h4,6-7,12,16,19H,3,5,8-11H2,1-2H3/t12?,16-/m1/s1. The summed E-state index contributed by atoms with van der Waals surface area (Å²) in [6, 6.07) is 4.00. The van der Waals surface area contributed by atoms with Gasteiger partial charge in [0.1, 0.15) is 11.6 Å². The molecule has 0 aromatic heterocycles. The smallest absolute Gasteiger partial charge is 0.130 e. The molecule has 0 spiro atoms. The molecule has 2 rings (SSSR count). The Balaban J connectivity index is 2.34. The molecular weight excluding hydrogens is 258 g/mol. The van der Waals surface area contributed by atoms with Gasteiger partial charge in [-0.2, -0.15) is 0 Å². The Hall–Kier alpha value is -1.00. The van der Waals surface area contributed by atoms with Gasteiger partial charge in [0.15, 0.2) is 0 Å². The van der Waals surface area contributed by atoms with Crippen LogP contribution in [0, 0.1) is 17.6 Å². The van der Waals surface area contributed by atoms with Crippen molar-refractivity contribution in [2.24, 2.45) is 5.92 Å². The van der Waals surface area contributed by atoms with E-state index in [1.807, 2.05) is 0 Å². The SMILES string of the molecule is CCCC(C)[C@H](c1c(F)cccc1F)N1CCNCC1. The van der Waals surface area contributed by atoms with E-state index in [-0.39, 0.29) is 17.5 Å². The second kappa shape index (κ2) is 7.14. The summed E-state index contributed by atoms with van der Waals surface area (Å²) in [4.78, 5) is 2.22. The zero-order chi connectivity index (χ0) is 14.5. The molecule has 2 atom stereocenters. The molecule has 1 heterocycles. The monoisotopic (exact) mass is 282 g/mol. The minimum atomic E-state index is -0.420. The quantitative estimate of drug-likeness (QED) is 0.891. The number of benzene rings is 1. The van der Waals surface area contributed by atoms with Crippen molar-refractivity contribution < 1.29 is 8.78 Å². The van der Waals surface area contributed by atoms with E-state index in [4.69, 9.17) is 0 Å². The first-order valence-electron chi connectivity index (χ1n) is 7.53. The number of halogens is 2. The molecule has 1 aliphatic heterocycles. The molecule has 1 aliphatic rings. The van der Waals surface area contributed by atoms with Crippen molar-refractivity contribution in [2.45, 2.75) is 32.7 Å². The summed E-state index contributed by atoms with van der Waals surface area (Å²) in [7, 11) is 0. The Morgan fingerprint density at radius 2 is 1.80 bits per heavy atom. The molecule has 0 bridgehead atoms. The van der Waals surface area contributed by atoms with Crippen LogP contribution in [0.25, 0.3) is 0 Å². The van der Waals surface area contributed by atoms with Crippen LogP contribution in [-0.4, -0.2) is 31.1 Å². The second-order valence-corrected chi connectivity index (χ2v) is 5.63. The number of nitrogens with one attached hydrogen (secondary N) is 1. The largest absolute Gasteiger partial charge is 0.314 e. The zero-order valence-corrected chi connectivity index (χ0v) is 12.3. The Labute approximate surface area is 120 Å². The number of piperazine rings is 1. The fraction of sp³-hybridized carbons (Fsp3) is 0.625. The van der Waals surface area contributed by atoms with Crippen LogP contribution in [0.15, 0.2) is 18.2 Å². The summed E-state index contributed by atoms with van der Waals surface area (Å²) in [5.74, 6) is -0.600. The fourth-order valence-corrected chi connectivity index (χ4v) is 3.19. The van der Waals surface area contributed by atoms with Crippen LogP contribution < -0.4 is 5.32 Å². The number of hydrogen-bond acceptors (Lipinski definition) is 2.